The normalized spacial score (nSPS) is 12.5. The largest absolute Gasteiger partial charge is 0.481 e. The lowest BCUT2D eigenvalue weighted by Gasteiger charge is -2.02. The van der Waals surface area contributed by atoms with Crippen molar-refractivity contribution in [1.29, 1.82) is 0 Å². The van der Waals surface area contributed by atoms with Gasteiger partial charge in [-0.15, -0.1) is 0 Å². The topological polar surface area (TPSA) is 118 Å². The van der Waals surface area contributed by atoms with Crippen LogP contribution < -0.4 is 0 Å². The molecule has 2 heterocycles. The van der Waals surface area contributed by atoms with Crippen molar-refractivity contribution in [3.8, 4) is 11.6 Å². The zero-order valence-corrected chi connectivity index (χ0v) is 9.12. The van der Waals surface area contributed by atoms with Gasteiger partial charge in [-0.1, -0.05) is 12.1 Å². The van der Waals surface area contributed by atoms with Crippen molar-refractivity contribution >= 4 is 5.97 Å². The van der Waals surface area contributed by atoms with Gasteiger partial charge in [0.25, 0.3) is 0 Å². The highest BCUT2D eigenvalue weighted by molar-refractivity contribution is 5.66. The minimum atomic E-state index is -0.840. The Morgan fingerprint density at radius 2 is 2.47 bits per heavy atom. The van der Waals surface area contributed by atoms with Crippen molar-refractivity contribution in [2.75, 3.05) is 0 Å². The molecule has 2 aromatic rings. The van der Waals surface area contributed by atoms with Crippen LogP contribution in [0.2, 0.25) is 0 Å². The van der Waals surface area contributed by atoms with Gasteiger partial charge in [0.2, 0.25) is 11.7 Å². The number of carboxylic acids is 1. The molecule has 17 heavy (non-hydrogen) atoms. The van der Waals surface area contributed by atoms with Crippen molar-refractivity contribution in [2.24, 2.45) is 5.92 Å². The van der Waals surface area contributed by atoms with E-state index in [1.807, 2.05) is 6.92 Å². The monoisotopic (exact) mass is 237 g/mol. The molecule has 2 aromatic heterocycles. The molecule has 0 aliphatic rings. The van der Waals surface area contributed by atoms with Crippen molar-refractivity contribution in [3.05, 3.63) is 12.2 Å². The summed E-state index contributed by atoms with van der Waals surface area (Å²) in [6.45, 7) is 1.81. The summed E-state index contributed by atoms with van der Waals surface area (Å²) in [4.78, 5) is 18.5. The number of H-pyrrole nitrogens is 1. The Balaban J connectivity index is 2.01. The third-order valence-electron chi connectivity index (χ3n) is 2.14. The van der Waals surface area contributed by atoms with Gasteiger partial charge in [-0.05, 0) is 5.92 Å². The maximum Gasteiger partial charge on any atom is 0.303 e. The van der Waals surface area contributed by atoms with Gasteiger partial charge in [-0.2, -0.15) is 10.1 Å². The zero-order chi connectivity index (χ0) is 12.3. The number of carbonyl (C=O) groups is 1. The second kappa shape index (κ2) is 4.73. The molecule has 8 heteroatoms. The van der Waals surface area contributed by atoms with Gasteiger partial charge in [-0.3, -0.25) is 9.89 Å². The van der Waals surface area contributed by atoms with E-state index < -0.39 is 5.97 Å². The lowest BCUT2D eigenvalue weighted by atomic mass is 10.0. The average molecular weight is 237 g/mol. The Morgan fingerprint density at radius 1 is 1.65 bits per heavy atom. The van der Waals surface area contributed by atoms with Crippen molar-refractivity contribution in [2.45, 2.75) is 19.8 Å². The Kier molecular flexibility index (Phi) is 3.12. The highest BCUT2D eigenvalue weighted by atomic mass is 16.5. The summed E-state index contributed by atoms with van der Waals surface area (Å²) in [5.41, 5.74) is 0. The van der Waals surface area contributed by atoms with Gasteiger partial charge in [0.15, 0.2) is 5.82 Å². The van der Waals surface area contributed by atoms with Crippen LogP contribution in [0.4, 0.5) is 0 Å². The van der Waals surface area contributed by atoms with E-state index in [9.17, 15) is 4.79 Å². The molecule has 0 aliphatic heterocycles. The fourth-order valence-electron chi connectivity index (χ4n) is 1.42. The Hall–Kier alpha value is -2.25. The van der Waals surface area contributed by atoms with Crippen LogP contribution in [0.1, 0.15) is 19.2 Å². The second-order valence-corrected chi connectivity index (χ2v) is 3.75. The molecule has 0 fully saturated rings. The predicted octanol–water partition coefficient (Wildman–Crippen LogP) is 0.508. The molecule has 0 saturated heterocycles. The summed E-state index contributed by atoms with van der Waals surface area (Å²) >= 11 is 0. The minimum Gasteiger partial charge on any atom is -0.481 e. The lowest BCUT2D eigenvalue weighted by Crippen LogP contribution is -2.07. The molecule has 1 atom stereocenters. The maximum absolute atomic E-state index is 10.5. The minimum absolute atomic E-state index is 0.0597. The van der Waals surface area contributed by atoms with Crippen LogP contribution in [0.25, 0.3) is 11.6 Å². The Bertz CT molecular complexity index is 492. The standard InChI is InChI=1S/C9H11N5O3/c1-5(3-7(15)16)2-6-12-9(14-17-6)8-10-4-11-13-8/h4-5H,2-3H2,1H3,(H,15,16)(H,10,11,13). The van der Waals surface area contributed by atoms with E-state index in [-0.39, 0.29) is 12.3 Å². The van der Waals surface area contributed by atoms with Crippen LogP contribution in [0.3, 0.4) is 0 Å². The van der Waals surface area contributed by atoms with E-state index in [2.05, 4.69) is 25.3 Å². The highest BCUT2D eigenvalue weighted by Crippen LogP contribution is 2.13. The average Bonchev–Trinajstić information content (AvgIpc) is 2.84. The summed E-state index contributed by atoms with van der Waals surface area (Å²) < 4.78 is 5.00. The molecule has 90 valence electrons. The van der Waals surface area contributed by atoms with Gasteiger partial charge < -0.3 is 9.63 Å². The Labute approximate surface area is 96.1 Å². The molecule has 0 amide bonds. The van der Waals surface area contributed by atoms with E-state index in [0.29, 0.717) is 24.0 Å². The second-order valence-electron chi connectivity index (χ2n) is 3.75. The van der Waals surface area contributed by atoms with Crippen LogP contribution in [0, 0.1) is 5.92 Å². The maximum atomic E-state index is 10.5. The van der Waals surface area contributed by atoms with Gasteiger partial charge in [-0.25, -0.2) is 4.98 Å². The predicted molar refractivity (Wildman–Crippen MR) is 54.8 cm³/mol. The molecule has 0 radical (unpaired) electrons. The van der Waals surface area contributed by atoms with Gasteiger partial charge >= 0.3 is 5.97 Å². The first kappa shape index (κ1) is 11.2. The fraction of sp³-hybridized carbons (Fsp3) is 0.444. The van der Waals surface area contributed by atoms with Crippen LogP contribution >= 0.6 is 0 Å². The molecular weight excluding hydrogens is 226 g/mol. The first-order valence-electron chi connectivity index (χ1n) is 5.05. The van der Waals surface area contributed by atoms with Gasteiger partial charge in [0, 0.05) is 12.8 Å². The number of aromatic nitrogens is 5. The third kappa shape index (κ3) is 2.86. The molecule has 0 saturated carbocycles. The van der Waals surface area contributed by atoms with Crippen LogP contribution in [-0.4, -0.2) is 36.4 Å². The van der Waals surface area contributed by atoms with E-state index in [0.717, 1.165) is 0 Å². The van der Waals surface area contributed by atoms with Gasteiger partial charge in [0.1, 0.15) is 6.33 Å². The summed E-state index contributed by atoms with van der Waals surface area (Å²) in [7, 11) is 0. The third-order valence-corrected chi connectivity index (χ3v) is 2.14. The van der Waals surface area contributed by atoms with Crippen molar-refractivity contribution in [3.63, 3.8) is 0 Å². The summed E-state index contributed by atoms with van der Waals surface area (Å²) in [6.07, 6.45) is 1.84. The molecule has 0 spiro atoms. The number of carboxylic acid groups (broad SMARTS) is 1. The Morgan fingerprint density at radius 3 is 3.12 bits per heavy atom. The quantitative estimate of drug-likeness (QED) is 0.777. The fourth-order valence-corrected chi connectivity index (χ4v) is 1.42. The summed E-state index contributed by atoms with van der Waals surface area (Å²) in [5.74, 6) is 0.235. The van der Waals surface area contributed by atoms with Crippen LogP contribution in [-0.2, 0) is 11.2 Å². The number of rotatable bonds is 5. The molecule has 1 unspecified atom stereocenters. The number of nitrogens with one attached hydrogen (secondary N) is 1. The molecule has 2 N–H and O–H groups in total. The van der Waals surface area contributed by atoms with E-state index in [4.69, 9.17) is 9.63 Å². The summed E-state index contributed by atoms with van der Waals surface area (Å²) in [5, 5.41) is 18.6. The number of nitrogens with zero attached hydrogens (tertiary/aromatic N) is 4. The van der Waals surface area contributed by atoms with Crippen LogP contribution in [0.5, 0.6) is 0 Å². The molecule has 0 aromatic carbocycles. The molecule has 0 aliphatic carbocycles. The molecule has 8 nitrogen and oxygen atoms in total. The summed E-state index contributed by atoms with van der Waals surface area (Å²) in [6, 6.07) is 0. The SMILES string of the molecule is CC(CC(=O)O)Cc1nc(-c2ncn[nH]2)no1. The number of aliphatic carboxylic acids is 1. The number of aromatic amines is 1. The first-order valence-corrected chi connectivity index (χ1v) is 5.05. The molecule has 2 rings (SSSR count). The smallest absolute Gasteiger partial charge is 0.303 e. The molecular formula is C9H11N5O3. The van der Waals surface area contributed by atoms with E-state index >= 15 is 0 Å². The highest BCUT2D eigenvalue weighted by Gasteiger charge is 2.15. The van der Waals surface area contributed by atoms with Gasteiger partial charge in [0.05, 0.1) is 0 Å². The molecule has 0 bridgehead atoms. The number of hydrogen-bond acceptors (Lipinski definition) is 6. The zero-order valence-electron chi connectivity index (χ0n) is 9.12. The van der Waals surface area contributed by atoms with Crippen molar-refractivity contribution in [1.82, 2.24) is 25.3 Å². The van der Waals surface area contributed by atoms with Crippen molar-refractivity contribution < 1.29 is 14.4 Å². The number of hydrogen-bond donors (Lipinski definition) is 2. The van der Waals surface area contributed by atoms with E-state index in [1.54, 1.807) is 0 Å². The lowest BCUT2D eigenvalue weighted by molar-refractivity contribution is -0.137. The van der Waals surface area contributed by atoms with Crippen LogP contribution in [0.15, 0.2) is 10.9 Å². The first-order chi connectivity index (χ1) is 8.15. The van der Waals surface area contributed by atoms with E-state index in [1.165, 1.54) is 6.33 Å².